The number of thiazole rings is 1. The van der Waals surface area contributed by atoms with Gasteiger partial charge in [0.15, 0.2) is 0 Å². The Labute approximate surface area is 178 Å². The summed E-state index contributed by atoms with van der Waals surface area (Å²) >= 11 is 1.68. The lowest BCUT2D eigenvalue weighted by Crippen LogP contribution is -2.48. The summed E-state index contributed by atoms with van der Waals surface area (Å²) in [6.07, 6.45) is 3.40. The Balaban J connectivity index is 0.00000182. The van der Waals surface area contributed by atoms with E-state index in [-0.39, 0.29) is 36.8 Å². The van der Waals surface area contributed by atoms with E-state index in [0.29, 0.717) is 6.42 Å². The van der Waals surface area contributed by atoms with Crippen LogP contribution in [0.15, 0.2) is 29.6 Å². The van der Waals surface area contributed by atoms with Gasteiger partial charge in [0.25, 0.3) is 0 Å². The number of carbonyl (C=O) groups excluding carboxylic acids is 1. The molecule has 1 unspecified atom stereocenters. The third-order valence-electron chi connectivity index (χ3n) is 4.83. The second-order valence-corrected chi connectivity index (χ2v) is 7.68. The Morgan fingerprint density at radius 3 is 2.67 bits per heavy atom. The summed E-state index contributed by atoms with van der Waals surface area (Å²) in [6, 6.07) is 8.85. The SMILES string of the molecule is CCc1ccc(C2CNCCN2C(=O)CCCc2csc(C)n2)cc1.Cl.Cl. The average molecular weight is 430 g/mol. The molecule has 0 spiro atoms. The fraction of sp³-hybridized carbons (Fsp3) is 0.500. The van der Waals surface area contributed by atoms with Crippen molar-refractivity contribution in [3.63, 3.8) is 0 Å². The van der Waals surface area contributed by atoms with Crippen LogP contribution in [0.4, 0.5) is 0 Å². The molecule has 7 heteroatoms. The molecule has 3 rings (SSSR count). The molecule has 150 valence electrons. The molecule has 1 aromatic heterocycles. The number of benzene rings is 1. The summed E-state index contributed by atoms with van der Waals surface area (Å²) in [4.78, 5) is 19.3. The first-order chi connectivity index (χ1) is 12.2. The molecule has 1 fully saturated rings. The van der Waals surface area contributed by atoms with E-state index in [9.17, 15) is 4.79 Å². The predicted molar refractivity (Wildman–Crippen MR) is 117 cm³/mol. The topological polar surface area (TPSA) is 45.2 Å². The fourth-order valence-electron chi connectivity index (χ4n) is 3.36. The summed E-state index contributed by atoms with van der Waals surface area (Å²) in [6.45, 7) is 6.68. The maximum atomic E-state index is 12.8. The van der Waals surface area contributed by atoms with Crippen molar-refractivity contribution < 1.29 is 4.79 Å². The Morgan fingerprint density at radius 2 is 2.04 bits per heavy atom. The van der Waals surface area contributed by atoms with Crippen molar-refractivity contribution in [2.45, 2.75) is 45.6 Å². The van der Waals surface area contributed by atoms with Gasteiger partial charge in [-0.3, -0.25) is 4.79 Å². The molecule has 1 aliphatic rings. The van der Waals surface area contributed by atoms with Crippen molar-refractivity contribution in [2.24, 2.45) is 0 Å². The molecule has 0 aliphatic carbocycles. The van der Waals surface area contributed by atoms with Gasteiger partial charge in [-0.25, -0.2) is 4.98 Å². The normalized spacial score (nSPS) is 16.4. The van der Waals surface area contributed by atoms with Crippen LogP contribution in [-0.4, -0.2) is 35.4 Å². The minimum absolute atomic E-state index is 0. The van der Waals surface area contributed by atoms with E-state index in [4.69, 9.17) is 0 Å². The lowest BCUT2D eigenvalue weighted by atomic mass is 10.00. The molecule has 1 saturated heterocycles. The van der Waals surface area contributed by atoms with Crippen molar-refractivity contribution in [3.05, 3.63) is 51.5 Å². The second kappa shape index (κ2) is 11.6. The van der Waals surface area contributed by atoms with E-state index in [2.05, 4.69) is 51.8 Å². The monoisotopic (exact) mass is 429 g/mol. The van der Waals surface area contributed by atoms with Crippen LogP contribution in [0.1, 0.15) is 47.6 Å². The van der Waals surface area contributed by atoms with E-state index in [0.717, 1.165) is 49.6 Å². The van der Waals surface area contributed by atoms with Crippen LogP contribution in [0, 0.1) is 6.92 Å². The van der Waals surface area contributed by atoms with E-state index in [1.165, 1.54) is 11.1 Å². The van der Waals surface area contributed by atoms with Gasteiger partial charge in [-0.15, -0.1) is 36.2 Å². The number of rotatable bonds is 6. The van der Waals surface area contributed by atoms with Crippen LogP contribution in [0.2, 0.25) is 0 Å². The third-order valence-corrected chi connectivity index (χ3v) is 5.65. The maximum absolute atomic E-state index is 12.8. The molecule has 27 heavy (non-hydrogen) atoms. The largest absolute Gasteiger partial charge is 0.333 e. The molecular formula is C20H29Cl2N3OS. The number of nitrogens with zero attached hydrogens (tertiary/aromatic N) is 2. The Kier molecular flexibility index (Phi) is 10.3. The minimum atomic E-state index is 0. The summed E-state index contributed by atoms with van der Waals surface area (Å²) in [5.41, 5.74) is 3.68. The molecular weight excluding hydrogens is 401 g/mol. The lowest BCUT2D eigenvalue weighted by molar-refractivity contribution is -0.134. The fourth-order valence-corrected chi connectivity index (χ4v) is 4.01. The molecule has 0 bridgehead atoms. The molecule has 1 aliphatic heterocycles. The van der Waals surface area contributed by atoms with Crippen LogP contribution < -0.4 is 5.32 Å². The molecule has 0 radical (unpaired) electrons. The van der Waals surface area contributed by atoms with Gasteiger partial charge in [-0.2, -0.15) is 0 Å². The predicted octanol–water partition coefficient (Wildman–Crippen LogP) is 4.35. The number of nitrogens with one attached hydrogen (secondary N) is 1. The van der Waals surface area contributed by atoms with Crippen molar-refractivity contribution in [1.82, 2.24) is 15.2 Å². The number of aryl methyl sites for hydroxylation is 3. The zero-order valence-corrected chi connectivity index (χ0v) is 18.4. The summed E-state index contributed by atoms with van der Waals surface area (Å²) in [7, 11) is 0. The average Bonchev–Trinajstić information content (AvgIpc) is 3.07. The van der Waals surface area contributed by atoms with Gasteiger partial charge in [-0.05, 0) is 37.3 Å². The quantitative estimate of drug-likeness (QED) is 0.741. The molecule has 1 atom stereocenters. The number of carbonyl (C=O) groups is 1. The Hall–Kier alpha value is -1.14. The number of halogens is 2. The van der Waals surface area contributed by atoms with Gasteiger partial charge in [0.1, 0.15) is 0 Å². The zero-order valence-electron chi connectivity index (χ0n) is 15.9. The first kappa shape index (κ1) is 23.9. The summed E-state index contributed by atoms with van der Waals surface area (Å²) in [5, 5.41) is 6.63. The maximum Gasteiger partial charge on any atom is 0.223 e. The summed E-state index contributed by atoms with van der Waals surface area (Å²) in [5.74, 6) is 0.262. The Morgan fingerprint density at radius 1 is 1.30 bits per heavy atom. The van der Waals surface area contributed by atoms with Crippen LogP contribution in [0.25, 0.3) is 0 Å². The number of piperazine rings is 1. The van der Waals surface area contributed by atoms with Gasteiger partial charge < -0.3 is 10.2 Å². The standard InChI is InChI=1S/C20H27N3OS.2ClH/c1-3-16-7-9-17(10-8-16)19-13-21-11-12-23(19)20(24)6-4-5-18-14-25-15(2)22-18;;/h7-10,14,19,21H,3-6,11-13H2,1-2H3;2*1H. The van der Waals surface area contributed by atoms with E-state index in [1.807, 2.05) is 6.92 Å². The van der Waals surface area contributed by atoms with Gasteiger partial charge in [0.2, 0.25) is 5.91 Å². The second-order valence-electron chi connectivity index (χ2n) is 6.61. The molecule has 0 saturated carbocycles. The highest BCUT2D eigenvalue weighted by atomic mass is 35.5. The first-order valence-corrected chi connectivity index (χ1v) is 10.1. The number of hydrogen-bond acceptors (Lipinski definition) is 4. The number of aromatic nitrogens is 1. The van der Waals surface area contributed by atoms with Crippen molar-refractivity contribution in [2.75, 3.05) is 19.6 Å². The highest BCUT2D eigenvalue weighted by Crippen LogP contribution is 2.24. The smallest absolute Gasteiger partial charge is 0.223 e. The van der Waals surface area contributed by atoms with Crippen LogP contribution in [0.3, 0.4) is 0 Å². The van der Waals surface area contributed by atoms with Gasteiger partial charge in [0, 0.05) is 31.4 Å². The van der Waals surface area contributed by atoms with E-state index >= 15 is 0 Å². The highest BCUT2D eigenvalue weighted by Gasteiger charge is 2.27. The molecule has 1 aromatic carbocycles. The third kappa shape index (κ3) is 6.46. The molecule has 2 aromatic rings. The van der Waals surface area contributed by atoms with Crippen molar-refractivity contribution in [1.29, 1.82) is 0 Å². The van der Waals surface area contributed by atoms with Crippen molar-refractivity contribution >= 4 is 42.1 Å². The summed E-state index contributed by atoms with van der Waals surface area (Å²) < 4.78 is 0. The minimum Gasteiger partial charge on any atom is -0.333 e. The van der Waals surface area contributed by atoms with Crippen LogP contribution in [-0.2, 0) is 17.6 Å². The highest BCUT2D eigenvalue weighted by molar-refractivity contribution is 7.09. The van der Waals surface area contributed by atoms with Crippen LogP contribution >= 0.6 is 36.2 Å². The van der Waals surface area contributed by atoms with Gasteiger partial charge in [0.05, 0.1) is 16.7 Å². The molecule has 1 amide bonds. The number of hydrogen-bond donors (Lipinski definition) is 1. The van der Waals surface area contributed by atoms with E-state index < -0.39 is 0 Å². The first-order valence-electron chi connectivity index (χ1n) is 9.17. The van der Waals surface area contributed by atoms with E-state index in [1.54, 1.807) is 11.3 Å². The number of amides is 1. The van der Waals surface area contributed by atoms with Crippen LogP contribution in [0.5, 0.6) is 0 Å². The van der Waals surface area contributed by atoms with Crippen molar-refractivity contribution in [3.8, 4) is 0 Å². The Bertz CT molecular complexity index is 706. The lowest BCUT2D eigenvalue weighted by Gasteiger charge is -2.36. The molecule has 1 N–H and O–H groups in total. The van der Waals surface area contributed by atoms with Gasteiger partial charge in [-0.1, -0.05) is 31.2 Å². The molecule has 2 heterocycles. The molecule has 4 nitrogen and oxygen atoms in total. The zero-order chi connectivity index (χ0) is 17.6. The van der Waals surface area contributed by atoms with Gasteiger partial charge >= 0.3 is 0 Å².